The van der Waals surface area contributed by atoms with Crippen molar-refractivity contribution >= 4 is 21.6 Å². The van der Waals surface area contributed by atoms with Crippen molar-refractivity contribution in [2.75, 3.05) is 5.32 Å². The van der Waals surface area contributed by atoms with Gasteiger partial charge in [-0.25, -0.2) is 4.39 Å². The molecule has 0 bridgehead atoms. The van der Waals surface area contributed by atoms with E-state index in [9.17, 15) is 4.39 Å². The fourth-order valence-corrected chi connectivity index (χ4v) is 3.09. The van der Waals surface area contributed by atoms with E-state index in [1.165, 1.54) is 18.9 Å². The highest BCUT2D eigenvalue weighted by Gasteiger charge is 2.23. The summed E-state index contributed by atoms with van der Waals surface area (Å²) in [5, 5.41) is 3.34. The minimum Gasteiger partial charge on any atom is -0.380 e. The van der Waals surface area contributed by atoms with Gasteiger partial charge in [0.05, 0.1) is 5.69 Å². The topological polar surface area (TPSA) is 12.0 Å². The van der Waals surface area contributed by atoms with E-state index in [1.807, 2.05) is 12.1 Å². The van der Waals surface area contributed by atoms with Crippen LogP contribution in [0, 0.1) is 17.7 Å². The SMILES string of the molecule is CC(C)C1CCC(Nc2ccc(Br)cc2F)CC1. The molecule has 3 heteroatoms. The number of anilines is 1. The Morgan fingerprint density at radius 2 is 1.89 bits per heavy atom. The summed E-state index contributed by atoms with van der Waals surface area (Å²) >= 11 is 3.28. The fourth-order valence-electron chi connectivity index (χ4n) is 2.76. The molecule has 1 aromatic rings. The molecule has 1 N–H and O–H groups in total. The number of rotatable bonds is 3. The number of hydrogen-bond acceptors (Lipinski definition) is 1. The minimum atomic E-state index is -0.171. The summed E-state index contributed by atoms with van der Waals surface area (Å²) in [5.41, 5.74) is 0.631. The van der Waals surface area contributed by atoms with Crippen molar-refractivity contribution in [1.82, 2.24) is 0 Å². The molecule has 1 nitrogen and oxygen atoms in total. The van der Waals surface area contributed by atoms with Crippen molar-refractivity contribution < 1.29 is 4.39 Å². The van der Waals surface area contributed by atoms with Crippen LogP contribution >= 0.6 is 15.9 Å². The average molecular weight is 314 g/mol. The molecule has 0 saturated heterocycles. The quantitative estimate of drug-likeness (QED) is 0.807. The Balaban J connectivity index is 1.91. The third-order valence-electron chi connectivity index (χ3n) is 4.01. The number of nitrogens with one attached hydrogen (secondary N) is 1. The average Bonchev–Trinajstić information content (AvgIpc) is 2.33. The van der Waals surface area contributed by atoms with E-state index in [2.05, 4.69) is 35.1 Å². The van der Waals surface area contributed by atoms with Gasteiger partial charge in [0, 0.05) is 10.5 Å². The van der Waals surface area contributed by atoms with E-state index < -0.39 is 0 Å². The summed E-state index contributed by atoms with van der Waals surface area (Å²) in [6, 6.07) is 5.64. The Kier molecular flexibility index (Phi) is 4.66. The van der Waals surface area contributed by atoms with E-state index in [1.54, 1.807) is 0 Å². The Bertz CT molecular complexity index is 397. The van der Waals surface area contributed by atoms with Crippen LogP contribution in [0.15, 0.2) is 22.7 Å². The molecular formula is C15H21BrFN. The fraction of sp³-hybridized carbons (Fsp3) is 0.600. The lowest BCUT2D eigenvalue weighted by atomic mass is 9.79. The van der Waals surface area contributed by atoms with Gasteiger partial charge in [0.15, 0.2) is 0 Å². The molecule has 0 unspecified atom stereocenters. The molecule has 18 heavy (non-hydrogen) atoms. The zero-order valence-electron chi connectivity index (χ0n) is 11.0. The van der Waals surface area contributed by atoms with Gasteiger partial charge in [-0.05, 0) is 55.7 Å². The Morgan fingerprint density at radius 3 is 2.44 bits per heavy atom. The van der Waals surface area contributed by atoms with Crippen LogP contribution in [0.3, 0.4) is 0 Å². The van der Waals surface area contributed by atoms with Crippen LogP contribution in [0.2, 0.25) is 0 Å². The summed E-state index contributed by atoms with van der Waals surface area (Å²) < 4.78 is 14.5. The first-order valence-corrected chi connectivity index (χ1v) is 7.57. The van der Waals surface area contributed by atoms with E-state index in [0.717, 1.165) is 29.2 Å². The van der Waals surface area contributed by atoms with Gasteiger partial charge in [-0.1, -0.05) is 29.8 Å². The molecule has 2 rings (SSSR count). The van der Waals surface area contributed by atoms with Crippen LogP contribution in [-0.2, 0) is 0 Å². The van der Waals surface area contributed by atoms with Gasteiger partial charge in [-0.15, -0.1) is 0 Å². The molecular weight excluding hydrogens is 293 g/mol. The maximum atomic E-state index is 13.7. The first-order valence-electron chi connectivity index (χ1n) is 6.78. The Morgan fingerprint density at radius 1 is 1.22 bits per heavy atom. The van der Waals surface area contributed by atoms with Gasteiger partial charge in [-0.2, -0.15) is 0 Å². The standard InChI is InChI=1S/C15H21BrFN/c1-10(2)11-3-6-13(7-4-11)18-15-8-5-12(16)9-14(15)17/h5,8-11,13,18H,3-4,6-7H2,1-2H3. The molecule has 0 amide bonds. The van der Waals surface area contributed by atoms with Crippen LogP contribution in [0.1, 0.15) is 39.5 Å². The summed E-state index contributed by atoms with van der Waals surface area (Å²) in [5.74, 6) is 1.45. The molecule has 100 valence electrons. The summed E-state index contributed by atoms with van der Waals surface area (Å²) in [4.78, 5) is 0. The largest absolute Gasteiger partial charge is 0.380 e. The van der Waals surface area contributed by atoms with Crippen molar-refractivity contribution in [3.63, 3.8) is 0 Å². The highest BCUT2D eigenvalue weighted by Crippen LogP contribution is 2.32. The predicted octanol–water partition coefficient (Wildman–Crippen LogP) is 5.21. The van der Waals surface area contributed by atoms with Gasteiger partial charge in [0.25, 0.3) is 0 Å². The first-order chi connectivity index (χ1) is 8.56. The first kappa shape index (κ1) is 13.9. The zero-order chi connectivity index (χ0) is 13.1. The Labute approximate surface area is 117 Å². The molecule has 0 spiro atoms. The molecule has 1 fully saturated rings. The molecule has 0 heterocycles. The zero-order valence-corrected chi connectivity index (χ0v) is 12.6. The van der Waals surface area contributed by atoms with Gasteiger partial charge >= 0.3 is 0 Å². The highest BCUT2D eigenvalue weighted by atomic mass is 79.9. The van der Waals surface area contributed by atoms with E-state index in [4.69, 9.17) is 0 Å². The molecule has 1 aliphatic carbocycles. The van der Waals surface area contributed by atoms with E-state index in [-0.39, 0.29) is 5.82 Å². The van der Waals surface area contributed by atoms with Gasteiger partial charge in [0.2, 0.25) is 0 Å². The van der Waals surface area contributed by atoms with E-state index >= 15 is 0 Å². The maximum absolute atomic E-state index is 13.7. The maximum Gasteiger partial charge on any atom is 0.147 e. The lowest BCUT2D eigenvalue weighted by Gasteiger charge is -2.31. The lowest BCUT2D eigenvalue weighted by molar-refractivity contribution is 0.266. The molecule has 0 aliphatic heterocycles. The van der Waals surface area contributed by atoms with Gasteiger partial charge < -0.3 is 5.32 Å². The number of hydrogen-bond donors (Lipinski definition) is 1. The number of benzene rings is 1. The molecule has 1 saturated carbocycles. The minimum absolute atomic E-state index is 0.171. The highest BCUT2D eigenvalue weighted by molar-refractivity contribution is 9.10. The monoisotopic (exact) mass is 313 g/mol. The van der Waals surface area contributed by atoms with Crippen molar-refractivity contribution in [2.24, 2.45) is 11.8 Å². The van der Waals surface area contributed by atoms with Gasteiger partial charge in [-0.3, -0.25) is 0 Å². The lowest BCUT2D eigenvalue weighted by Crippen LogP contribution is -2.28. The molecule has 0 atom stereocenters. The summed E-state index contributed by atoms with van der Waals surface area (Å²) in [7, 11) is 0. The van der Waals surface area contributed by atoms with Gasteiger partial charge in [0.1, 0.15) is 5.82 Å². The third kappa shape index (κ3) is 3.47. The van der Waals surface area contributed by atoms with E-state index in [0.29, 0.717) is 11.7 Å². The molecule has 1 aromatic carbocycles. The van der Waals surface area contributed by atoms with Crippen molar-refractivity contribution in [2.45, 2.75) is 45.6 Å². The smallest absolute Gasteiger partial charge is 0.147 e. The molecule has 0 radical (unpaired) electrons. The second-order valence-electron chi connectivity index (χ2n) is 5.62. The second kappa shape index (κ2) is 6.05. The Hall–Kier alpha value is -0.570. The van der Waals surface area contributed by atoms with Crippen LogP contribution in [0.5, 0.6) is 0 Å². The van der Waals surface area contributed by atoms with Crippen LogP contribution < -0.4 is 5.32 Å². The predicted molar refractivity (Wildman–Crippen MR) is 78.3 cm³/mol. The van der Waals surface area contributed by atoms with Crippen molar-refractivity contribution in [1.29, 1.82) is 0 Å². The second-order valence-corrected chi connectivity index (χ2v) is 6.54. The normalized spacial score (nSPS) is 24.3. The van der Waals surface area contributed by atoms with Crippen molar-refractivity contribution in [3.8, 4) is 0 Å². The molecule has 1 aliphatic rings. The van der Waals surface area contributed by atoms with Crippen molar-refractivity contribution in [3.05, 3.63) is 28.5 Å². The van der Waals surface area contributed by atoms with Crippen LogP contribution in [-0.4, -0.2) is 6.04 Å². The third-order valence-corrected chi connectivity index (χ3v) is 4.50. The summed E-state index contributed by atoms with van der Waals surface area (Å²) in [6.07, 6.45) is 4.82. The number of halogens is 2. The summed E-state index contributed by atoms with van der Waals surface area (Å²) in [6.45, 7) is 4.60. The molecule has 0 aromatic heterocycles. The van der Waals surface area contributed by atoms with Crippen LogP contribution in [0.25, 0.3) is 0 Å². The van der Waals surface area contributed by atoms with Crippen LogP contribution in [0.4, 0.5) is 10.1 Å².